The maximum atomic E-state index is 4.40. The van der Waals surface area contributed by atoms with E-state index in [9.17, 15) is 0 Å². The smallest absolute Gasteiger partial charge is 0.149 e. The molecule has 0 bridgehead atoms. The molecule has 1 atom stereocenters. The van der Waals surface area contributed by atoms with Crippen molar-refractivity contribution in [1.29, 1.82) is 0 Å². The van der Waals surface area contributed by atoms with Gasteiger partial charge in [-0.3, -0.25) is 0 Å². The molecule has 1 unspecified atom stereocenters. The fourth-order valence-electron chi connectivity index (χ4n) is 1.59. The minimum absolute atomic E-state index is 0.0567. The molecule has 0 radical (unpaired) electrons. The molecule has 0 fully saturated rings. The van der Waals surface area contributed by atoms with E-state index in [0.717, 1.165) is 22.4 Å². The van der Waals surface area contributed by atoms with E-state index in [4.69, 9.17) is 0 Å². The third kappa shape index (κ3) is 2.91. The number of hydrogen-bond acceptors (Lipinski definition) is 4. The summed E-state index contributed by atoms with van der Waals surface area (Å²) in [5.41, 5.74) is 2.27. The summed E-state index contributed by atoms with van der Waals surface area (Å²) < 4.78 is 1.11. The van der Waals surface area contributed by atoms with E-state index in [1.54, 1.807) is 11.3 Å². The molecule has 3 nitrogen and oxygen atoms in total. The van der Waals surface area contributed by atoms with E-state index >= 15 is 0 Å². The molecule has 0 saturated heterocycles. The number of thiophene rings is 1. The zero-order chi connectivity index (χ0) is 12.3. The Balaban J connectivity index is 2.35. The van der Waals surface area contributed by atoms with Crippen LogP contribution in [-0.4, -0.2) is 16.5 Å². The van der Waals surface area contributed by atoms with Gasteiger partial charge in [0.1, 0.15) is 5.82 Å². The first-order valence-corrected chi connectivity index (χ1v) is 7.19. The molecule has 0 saturated carbocycles. The molecule has 5 heteroatoms. The van der Waals surface area contributed by atoms with Crippen molar-refractivity contribution in [3.05, 3.63) is 44.6 Å². The molecule has 0 aliphatic heterocycles. The number of nitrogens with one attached hydrogen (secondary N) is 1. The van der Waals surface area contributed by atoms with E-state index in [-0.39, 0.29) is 6.04 Å². The molecule has 90 valence electrons. The molecule has 2 rings (SSSR count). The van der Waals surface area contributed by atoms with Gasteiger partial charge in [0.15, 0.2) is 0 Å². The number of halogens is 1. The zero-order valence-electron chi connectivity index (χ0n) is 9.77. The van der Waals surface area contributed by atoms with Crippen molar-refractivity contribution in [3.8, 4) is 0 Å². The Bertz CT molecular complexity index is 481. The van der Waals surface area contributed by atoms with Gasteiger partial charge in [-0.2, -0.15) is 11.3 Å². The molecule has 2 aromatic heterocycles. The second-order valence-corrected chi connectivity index (χ2v) is 5.38. The topological polar surface area (TPSA) is 37.8 Å². The fourth-order valence-corrected chi connectivity index (χ4v) is 3.15. The van der Waals surface area contributed by atoms with Crippen LogP contribution in [-0.2, 0) is 0 Å². The van der Waals surface area contributed by atoms with Crippen LogP contribution in [0.4, 0.5) is 0 Å². The summed E-state index contributed by atoms with van der Waals surface area (Å²) >= 11 is 5.24. The van der Waals surface area contributed by atoms with Crippen molar-refractivity contribution >= 4 is 27.3 Å². The molecular weight excluding hydrogens is 298 g/mol. The standard InChI is InChI=1S/C12H14BrN3S/c1-3-14-11(9-6-17-7-10(9)13)12-15-4-8(2)5-16-12/h4-7,11,14H,3H2,1-2H3. The number of rotatable bonds is 4. The molecule has 0 amide bonds. The third-order valence-electron chi connectivity index (χ3n) is 2.42. The van der Waals surface area contributed by atoms with Crippen LogP contribution in [0.5, 0.6) is 0 Å². The number of aryl methyl sites for hydroxylation is 1. The average molecular weight is 312 g/mol. The summed E-state index contributed by atoms with van der Waals surface area (Å²) in [7, 11) is 0. The zero-order valence-corrected chi connectivity index (χ0v) is 12.2. The maximum absolute atomic E-state index is 4.40. The lowest BCUT2D eigenvalue weighted by atomic mass is 10.1. The predicted octanol–water partition coefficient (Wildman–Crippen LogP) is 3.31. The van der Waals surface area contributed by atoms with Crippen LogP contribution in [0.15, 0.2) is 27.6 Å². The summed E-state index contributed by atoms with van der Waals surface area (Å²) in [6.07, 6.45) is 3.71. The minimum Gasteiger partial charge on any atom is -0.304 e. The lowest BCUT2D eigenvalue weighted by Gasteiger charge is -2.16. The van der Waals surface area contributed by atoms with E-state index in [1.165, 1.54) is 5.56 Å². The van der Waals surface area contributed by atoms with Crippen LogP contribution in [0.1, 0.15) is 29.9 Å². The summed E-state index contributed by atoms with van der Waals surface area (Å²) in [4.78, 5) is 8.81. The Morgan fingerprint density at radius 3 is 2.59 bits per heavy atom. The Morgan fingerprint density at radius 1 is 1.35 bits per heavy atom. The van der Waals surface area contributed by atoms with Crippen molar-refractivity contribution in [1.82, 2.24) is 15.3 Å². The third-order valence-corrected chi connectivity index (χ3v) is 4.17. The molecule has 2 aromatic rings. The second kappa shape index (κ2) is 5.71. The molecule has 2 heterocycles. The second-order valence-electron chi connectivity index (χ2n) is 3.78. The highest BCUT2D eigenvalue weighted by Gasteiger charge is 2.18. The summed E-state index contributed by atoms with van der Waals surface area (Å²) in [5, 5.41) is 7.62. The lowest BCUT2D eigenvalue weighted by molar-refractivity contribution is 0.596. The van der Waals surface area contributed by atoms with Gasteiger partial charge in [0.25, 0.3) is 0 Å². The normalized spacial score (nSPS) is 12.6. The van der Waals surface area contributed by atoms with Gasteiger partial charge in [0.2, 0.25) is 0 Å². The van der Waals surface area contributed by atoms with E-state index in [1.807, 2.05) is 19.3 Å². The Kier molecular flexibility index (Phi) is 4.25. The highest BCUT2D eigenvalue weighted by Crippen LogP contribution is 2.29. The van der Waals surface area contributed by atoms with Crippen LogP contribution >= 0.6 is 27.3 Å². The minimum atomic E-state index is 0.0567. The predicted molar refractivity (Wildman–Crippen MR) is 74.3 cm³/mol. The van der Waals surface area contributed by atoms with Gasteiger partial charge in [-0.1, -0.05) is 6.92 Å². The van der Waals surface area contributed by atoms with Gasteiger partial charge in [0, 0.05) is 27.8 Å². The first-order valence-electron chi connectivity index (χ1n) is 5.46. The van der Waals surface area contributed by atoms with Gasteiger partial charge in [-0.25, -0.2) is 9.97 Å². The van der Waals surface area contributed by atoms with Crippen LogP contribution < -0.4 is 5.32 Å². The van der Waals surface area contributed by atoms with Gasteiger partial charge in [-0.05, 0) is 40.3 Å². The van der Waals surface area contributed by atoms with E-state index in [0.29, 0.717) is 0 Å². The quantitative estimate of drug-likeness (QED) is 0.941. The number of nitrogens with zero attached hydrogens (tertiary/aromatic N) is 2. The van der Waals surface area contributed by atoms with Crippen molar-refractivity contribution in [2.24, 2.45) is 0 Å². The Labute approximate surface area is 113 Å². The van der Waals surface area contributed by atoms with Gasteiger partial charge in [0.05, 0.1) is 6.04 Å². The number of hydrogen-bond donors (Lipinski definition) is 1. The van der Waals surface area contributed by atoms with Gasteiger partial charge >= 0.3 is 0 Å². The van der Waals surface area contributed by atoms with Crippen molar-refractivity contribution in [3.63, 3.8) is 0 Å². The van der Waals surface area contributed by atoms with Crippen molar-refractivity contribution in [2.75, 3.05) is 6.54 Å². The van der Waals surface area contributed by atoms with Crippen LogP contribution in [0.25, 0.3) is 0 Å². The summed E-state index contributed by atoms with van der Waals surface area (Å²) in [5.74, 6) is 0.816. The first kappa shape index (κ1) is 12.7. The first-order chi connectivity index (χ1) is 8.22. The lowest BCUT2D eigenvalue weighted by Crippen LogP contribution is -2.23. The van der Waals surface area contributed by atoms with Crippen LogP contribution in [0, 0.1) is 6.92 Å². The van der Waals surface area contributed by atoms with Crippen molar-refractivity contribution in [2.45, 2.75) is 19.9 Å². The van der Waals surface area contributed by atoms with E-state index in [2.05, 4.69) is 48.9 Å². The Hall–Kier alpha value is -0.780. The molecule has 17 heavy (non-hydrogen) atoms. The highest BCUT2D eigenvalue weighted by atomic mass is 79.9. The highest BCUT2D eigenvalue weighted by molar-refractivity contribution is 9.10. The molecular formula is C12H14BrN3S. The molecule has 0 spiro atoms. The fraction of sp³-hybridized carbons (Fsp3) is 0.333. The van der Waals surface area contributed by atoms with Gasteiger partial charge in [-0.15, -0.1) is 0 Å². The van der Waals surface area contributed by atoms with Gasteiger partial charge < -0.3 is 5.32 Å². The summed E-state index contributed by atoms with van der Waals surface area (Å²) in [6.45, 7) is 4.96. The largest absolute Gasteiger partial charge is 0.304 e. The monoisotopic (exact) mass is 311 g/mol. The SMILES string of the molecule is CCNC(c1ncc(C)cn1)c1cscc1Br. The molecule has 0 aromatic carbocycles. The molecule has 0 aliphatic carbocycles. The van der Waals surface area contributed by atoms with Crippen molar-refractivity contribution < 1.29 is 0 Å². The number of aromatic nitrogens is 2. The molecule has 1 N–H and O–H groups in total. The maximum Gasteiger partial charge on any atom is 0.149 e. The van der Waals surface area contributed by atoms with Crippen LogP contribution in [0.2, 0.25) is 0 Å². The summed E-state index contributed by atoms with van der Waals surface area (Å²) in [6, 6.07) is 0.0567. The van der Waals surface area contributed by atoms with Crippen LogP contribution in [0.3, 0.4) is 0 Å². The van der Waals surface area contributed by atoms with E-state index < -0.39 is 0 Å². The molecule has 0 aliphatic rings. The Morgan fingerprint density at radius 2 is 2.06 bits per heavy atom. The average Bonchev–Trinajstić information content (AvgIpc) is 2.74.